The highest BCUT2D eigenvalue weighted by molar-refractivity contribution is 5.79. The zero-order valence-corrected chi connectivity index (χ0v) is 11.1. The van der Waals surface area contributed by atoms with E-state index in [0.717, 1.165) is 24.4 Å². The van der Waals surface area contributed by atoms with E-state index >= 15 is 0 Å². The summed E-state index contributed by atoms with van der Waals surface area (Å²) < 4.78 is 12.9. The van der Waals surface area contributed by atoms with Crippen molar-refractivity contribution in [3.8, 4) is 0 Å². The molecule has 1 amide bonds. The van der Waals surface area contributed by atoms with Gasteiger partial charge >= 0.3 is 0 Å². The summed E-state index contributed by atoms with van der Waals surface area (Å²) in [6.07, 6.45) is 6.59. The Morgan fingerprint density at radius 2 is 1.89 bits per heavy atom. The normalized spacial score (nSPS) is 23.4. The zero-order valence-electron chi connectivity index (χ0n) is 11.1. The van der Waals surface area contributed by atoms with E-state index < -0.39 is 0 Å². The van der Waals surface area contributed by atoms with Gasteiger partial charge in [-0.1, -0.05) is 18.6 Å². The Labute approximate surface area is 113 Å². The molecule has 2 nitrogen and oxygen atoms in total. The predicted molar refractivity (Wildman–Crippen MR) is 72.2 cm³/mol. The van der Waals surface area contributed by atoms with Crippen LogP contribution in [-0.2, 0) is 11.2 Å². The molecule has 0 spiro atoms. The van der Waals surface area contributed by atoms with E-state index in [2.05, 4.69) is 4.90 Å². The molecule has 19 heavy (non-hydrogen) atoms. The van der Waals surface area contributed by atoms with Gasteiger partial charge in [0.2, 0.25) is 5.91 Å². The highest BCUT2D eigenvalue weighted by Gasteiger charge is 2.36. The van der Waals surface area contributed by atoms with Crippen LogP contribution in [0.15, 0.2) is 24.3 Å². The minimum atomic E-state index is -0.246. The lowest BCUT2D eigenvalue weighted by atomic mass is 9.78. The van der Waals surface area contributed by atoms with Crippen LogP contribution in [0.2, 0.25) is 0 Å². The number of carbonyl (C=O) groups is 1. The van der Waals surface area contributed by atoms with Crippen molar-refractivity contribution in [3.63, 3.8) is 0 Å². The van der Waals surface area contributed by atoms with Gasteiger partial charge in [0.25, 0.3) is 0 Å². The maximum absolute atomic E-state index is 12.9. The topological polar surface area (TPSA) is 20.3 Å². The first-order valence-corrected chi connectivity index (χ1v) is 7.28. The van der Waals surface area contributed by atoms with Gasteiger partial charge in [-0.25, -0.2) is 4.39 Å². The minimum absolute atomic E-state index is 0.209. The first kappa shape index (κ1) is 12.6. The summed E-state index contributed by atoms with van der Waals surface area (Å²) in [7, 11) is 0. The van der Waals surface area contributed by atoms with E-state index in [-0.39, 0.29) is 11.7 Å². The van der Waals surface area contributed by atoms with Crippen LogP contribution >= 0.6 is 0 Å². The average Bonchev–Trinajstić information content (AvgIpc) is 2.79. The Morgan fingerprint density at radius 3 is 2.53 bits per heavy atom. The van der Waals surface area contributed by atoms with E-state index in [9.17, 15) is 9.18 Å². The summed E-state index contributed by atoms with van der Waals surface area (Å²) in [6.45, 7) is 0.904. The van der Waals surface area contributed by atoms with Crippen LogP contribution in [0.1, 0.15) is 37.7 Å². The fraction of sp³-hybridized carbons (Fsp3) is 0.562. The quantitative estimate of drug-likeness (QED) is 0.818. The van der Waals surface area contributed by atoms with Gasteiger partial charge in [0.05, 0.1) is 6.42 Å². The number of rotatable bonds is 3. The Bertz CT molecular complexity index is 452. The molecular weight excluding hydrogens is 241 g/mol. The first-order valence-electron chi connectivity index (χ1n) is 7.28. The van der Waals surface area contributed by atoms with E-state index in [1.165, 1.54) is 37.8 Å². The average molecular weight is 261 g/mol. The maximum Gasteiger partial charge on any atom is 0.227 e. The summed E-state index contributed by atoms with van der Waals surface area (Å²) in [6, 6.07) is 6.75. The van der Waals surface area contributed by atoms with E-state index in [0.29, 0.717) is 12.5 Å². The van der Waals surface area contributed by atoms with E-state index in [4.69, 9.17) is 0 Å². The maximum atomic E-state index is 12.9. The van der Waals surface area contributed by atoms with Crippen LogP contribution in [0.25, 0.3) is 0 Å². The molecule has 1 aromatic rings. The molecule has 3 heteroatoms. The molecule has 1 unspecified atom stereocenters. The van der Waals surface area contributed by atoms with Crippen molar-refractivity contribution in [2.45, 2.75) is 44.6 Å². The lowest BCUT2D eigenvalue weighted by Gasteiger charge is -2.37. The Morgan fingerprint density at radius 1 is 1.16 bits per heavy atom. The number of nitrogens with zero attached hydrogens (tertiary/aromatic N) is 1. The van der Waals surface area contributed by atoms with Crippen molar-refractivity contribution < 1.29 is 9.18 Å². The van der Waals surface area contributed by atoms with Gasteiger partial charge in [0.15, 0.2) is 0 Å². The molecule has 1 aliphatic heterocycles. The summed E-state index contributed by atoms with van der Waals surface area (Å²) >= 11 is 0. The Balaban J connectivity index is 1.64. The third-order valence-electron chi connectivity index (χ3n) is 4.58. The molecule has 1 aliphatic carbocycles. The van der Waals surface area contributed by atoms with Gasteiger partial charge in [0, 0.05) is 12.6 Å². The fourth-order valence-electron chi connectivity index (χ4n) is 3.30. The molecule has 3 rings (SSSR count). The smallest absolute Gasteiger partial charge is 0.227 e. The van der Waals surface area contributed by atoms with Crippen molar-refractivity contribution in [1.82, 2.24) is 4.90 Å². The van der Waals surface area contributed by atoms with E-state index in [1.54, 1.807) is 12.1 Å². The molecule has 2 aliphatic rings. The largest absolute Gasteiger partial charge is 0.339 e. The van der Waals surface area contributed by atoms with Crippen molar-refractivity contribution >= 4 is 5.91 Å². The van der Waals surface area contributed by atoms with Crippen LogP contribution < -0.4 is 0 Å². The minimum Gasteiger partial charge on any atom is -0.339 e. The summed E-state index contributed by atoms with van der Waals surface area (Å²) in [5.41, 5.74) is 0.908. The number of carbonyl (C=O) groups excluding carboxylic acids is 1. The molecule has 1 saturated heterocycles. The SMILES string of the molecule is O=C(Cc1ccc(F)cc1)N1CCCC1C1CCC1. The molecule has 1 aromatic carbocycles. The summed E-state index contributed by atoms with van der Waals surface area (Å²) in [5, 5.41) is 0. The molecule has 0 aromatic heterocycles. The van der Waals surface area contributed by atoms with Gasteiger partial charge in [0.1, 0.15) is 5.82 Å². The number of benzene rings is 1. The van der Waals surface area contributed by atoms with Gasteiger partial charge < -0.3 is 4.90 Å². The molecule has 1 atom stereocenters. The first-order chi connectivity index (χ1) is 9.24. The summed E-state index contributed by atoms with van der Waals surface area (Å²) in [4.78, 5) is 14.5. The zero-order chi connectivity index (χ0) is 13.2. The van der Waals surface area contributed by atoms with Crippen molar-refractivity contribution in [1.29, 1.82) is 0 Å². The second-order valence-electron chi connectivity index (χ2n) is 5.79. The molecule has 0 N–H and O–H groups in total. The van der Waals surface area contributed by atoms with Gasteiger partial charge in [-0.3, -0.25) is 4.79 Å². The standard InChI is InChI=1S/C16H20FNO/c17-14-8-6-12(7-9-14)11-16(19)18-10-2-5-15(18)13-3-1-4-13/h6-9,13,15H,1-5,10-11H2. The van der Waals surface area contributed by atoms with Gasteiger partial charge in [-0.15, -0.1) is 0 Å². The lowest BCUT2D eigenvalue weighted by molar-refractivity contribution is -0.132. The monoisotopic (exact) mass is 261 g/mol. The molecule has 102 valence electrons. The van der Waals surface area contributed by atoms with Crippen molar-refractivity contribution in [2.75, 3.05) is 6.54 Å². The number of halogens is 1. The van der Waals surface area contributed by atoms with Gasteiger partial charge in [-0.2, -0.15) is 0 Å². The van der Waals surface area contributed by atoms with Crippen molar-refractivity contribution in [2.24, 2.45) is 5.92 Å². The molecule has 2 fully saturated rings. The second kappa shape index (κ2) is 5.32. The van der Waals surface area contributed by atoms with Crippen LogP contribution in [0.5, 0.6) is 0 Å². The van der Waals surface area contributed by atoms with Crippen LogP contribution in [0.3, 0.4) is 0 Å². The highest BCUT2D eigenvalue weighted by atomic mass is 19.1. The molecule has 1 saturated carbocycles. The number of hydrogen-bond donors (Lipinski definition) is 0. The molecule has 0 radical (unpaired) electrons. The number of hydrogen-bond acceptors (Lipinski definition) is 1. The van der Waals surface area contributed by atoms with Gasteiger partial charge in [-0.05, 0) is 49.3 Å². The molecule has 1 heterocycles. The van der Waals surface area contributed by atoms with Crippen molar-refractivity contribution in [3.05, 3.63) is 35.6 Å². The fourth-order valence-corrected chi connectivity index (χ4v) is 3.30. The van der Waals surface area contributed by atoms with Crippen LogP contribution in [0, 0.1) is 11.7 Å². The highest BCUT2D eigenvalue weighted by Crippen LogP contribution is 2.37. The third kappa shape index (κ3) is 2.65. The predicted octanol–water partition coefficient (Wildman–Crippen LogP) is 3.16. The number of amides is 1. The third-order valence-corrected chi connectivity index (χ3v) is 4.58. The van der Waals surface area contributed by atoms with Crippen LogP contribution in [-0.4, -0.2) is 23.4 Å². The van der Waals surface area contributed by atoms with Crippen LogP contribution in [0.4, 0.5) is 4.39 Å². The Kier molecular flexibility index (Phi) is 3.54. The summed E-state index contributed by atoms with van der Waals surface area (Å²) in [5.74, 6) is 0.699. The number of likely N-dealkylation sites (tertiary alicyclic amines) is 1. The van der Waals surface area contributed by atoms with E-state index in [1.807, 2.05) is 0 Å². The lowest BCUT2D eigenvalue weighted by Crippen LogP contribution is -2.43. The Hall–Kier alpha value is -1.38. The molecule has 0 bridgehead atoms. The molecular formula is C16H20FNO. The second-order valence-corrected chi connectivity index (χ2v) is 5.79.